The minimum absolute atomic E-state index is 0.315. The van der Waals surface area contributed by atoms with E-state index in [-0.39, 0.29) is 11.7 Å². The minimum atomic E-state index is -0.347. The molecule has 2 rings (SSSR count). The first-order chi connectivity index (χ1) is 8.56. The fourth-order valence-electron chi connectivity index (χ4n) is 1.40. The van der Waals surface area contributed by atoms with Gasteiger partial charge in [-0.3, -0.25) is 4.79 Å². The van der Waals surface area contributed by atoms with Gasteiger partial charge in [-0.15, -0.1) is 0 Å². The Kier molecular flexibility index (Phi) is 4.19. The maximum Gasteiger partial charge on any atom is 0.257 e. The first kappa shape index (κ1) is 13.3. The summed E-state index contributed by atoms with van der Waals surface area (Å²) in [5.41, 5.74) is 0.921. The van der Waals surface area contributed by atoms with Crippen molar-refractivity contribution in [2.45, 2.75) is 0 Å². The maximum absolute atomic E-state index is 12.7. The number of anilines is 1. The highest BCUT2D eigenvalue weighted by Crippen LogP contribution is 2.20. The summed E-state index contributed by atoms with van der Waals surface area (Å²) in [6.07, 6.45) is 0. The molecule has 0 aliphatic heterocycles. The number of hydrogen-bond donors (Lipinski definition) is 1. The molecule has 5 heteroatoms. The summed E-state index contributed by atoms with van der Waals surface area (Å²) in [5.74, 6) is -0.662. The van der Waals surface area contributed by atoms with E-state index in [4.69, 9.17) is 11.6 Å². The van der Waals surface area contributed by atoms with Crippen LogP contribution in [0, 0.1) is 9.39 Å². The Morgan fingerprint density at radius 2 is 1.83 bits per heavy atom. The fourth-order valence-corrected chi connectivity index (χ4v) is 2.10. The molecule has 0 bridgehead atoms. The molecular formula is C13H8ClFINO. The normalized spacial score (nSPS) is 10.2. The zero-order valence-electron chi connectivity index (χ0n) is 9.08. The number of hydrogen-bond acceptors (Lipinski definition) is 1. The van der Waals surface area contributed by atoms with Crippen LogP contribution < -0.4 is 5.32 Å². The molecule has 0 unspecified atom stereocenters. The average molecular weight is 376 g/mol. The van der Waals surface area contributed by atoms with Crippen molar-refractivity contribution in [2.75, 3.05) is 5.32 Å². The molecule has 0 saturated carbocycles. The van der Waals surface area contributed by atoms with Gasteiger partial charge < -0.3 is 5.32 Å². The highest BCUT2D eigenvalue weighted by atomic mass is 127. The van der Waals surface area contributed by atoms with Gasteiger partial charge in [-0.25, -0.2) is 4.39 Å². The Labute approximate surface area is 122 Å². The molecule has 0 aliphatic carbocycles. The lowest BCUT2D eigenvalue weighted by atomic mass is 10.2. The fraction of sp³-hybridized carbons (Fsp3) is 0. The third kappa shape index (κ3) is 3.20. The van der Waals surface area contributed by atoms with Gasteiger partial charge in [0, 0.05) is 9.26 Å². The summed E-state index contributed by atoms with van der Waals surface area (Å²) in [6, 6.07) is 10.7. The zero-order valence-corrected chi connectivity index (χ0v) is 12.0. The molecule has 0 aromatic heterocycles. The van der Waals surface area contributed by atoms with Gasteiger partial charge in [0.1, 0.15) is 5.82 Å². The van der Waals surface area contributed by atoms with E-state index >= 15 is 0 Å². The molecule has 1 N–H and O–H groups in total. The number of rotatable bonds is 2. The van der Waals surface area contributed by atoms with Crippen LogP contribution in [0.25, 0.3) is 0 Å². The smallest absolute Gasteiger partial charge is 0.257 e. The molecule has 18 heavy (non-hydrogen) atoms. The van der Waals surface area contributed by atoms with Gasteiger partial charge in [0.05, 0.1) is 10.6 Å². The largest absolute Gasteiger partial charge is 0.322 e. The van der Waals surface area contributed by atoms with Crippen LogP contribution in [0.15, 0.2) is 42.5 Å². The summed E-state index contributed by atoms with van der Waals surface area (Å²) in [7, 11) is 0. The lowest BCUT2D eigenvalue weighted by molar-refractivity contribution is 0.102. The molecule has 0 atom stereocenters. The van der Waals surface area contributed by atoms with Crippen LogP contribution >= 0.6 is 34.2 Å². The second-order valence-corrected chi connectivity index (χ2v) is 5.24. The molecule has 0 radical (unpaired) electrons. The van der Waals surface area contributed by atoms with Crippen molar-refractivity contribution in [3.8, 4) is 0 Å². The molecular weight excluding hydrogens is 368 g/mol. The molecule has 0 spiro atoms. The topological polar surface area (TPSA) is 29.1 Å². The van der Waals surface area contributed by atoms with Crippen molar-refractivity contribution in [3.05, 3.63) is 62.4 Å². The Bertz CT molecular complexity index is 586. The second-order valence-electron chi connectivity index (χ2n) is 3.59. The van der Waals surface area contributed by atoms with E-state index in [2.05, 4.69) is 27.9 Å². The highest BCUT2D eigenvalue weighted by Gasteiger charge is 2.11. The monoisotopic (exact) mass is 375 g/mol. The van der Waals surface area contributed by atoms with Crippen LogP contribution in [0.3, 0.4) is 0 Å². The van der Waals surface area contributed by atoms with E-state index < -0.39 is 0 Å². The maximum atomic E-state index is 12.7. The molecule has 2 aromatic rings. The van der Waals surface area contributed by atoms with Gasteiger partial charge in [-0.2, -0.15) is 0 Å². The van der Waals surface area contributed by atoms with Crippen LogP contribution in [-0.2, 0) is 0 Å². The zero-order chi connectivity index (χ0) is 13.1. The van der Waals surface area contributed by atoms with E-state index in [9.17, 15) is 9.18 Å². The van der Waals surface area contributed by atoms with Crippen LogP contribution in [0.5, 0.6) is 0 Å². The molecule has 0 aliphatic rings. The predicted molar refractivity (Wildman–Crippen MR) is 78.5 cm³/mol. The van der Waals surface area contributed by atoms with Crippen LogP contribution in [0.4, 0.5) is 10.1 Å². The quantitative estimate of drug-likeness (QED) is 0.778. The summed E-state index contributed by atoms with van der Waals surface area (Å²) in [5, 5.41) is 3.04. The molecule has 0 saturated heterocycles. The van der Waals surface area contributed by atoms with Crippen LogP contribution in [-0.4, -0.2) is 5.91 Å². The number of halogens is 3. The molecule has 1 amide bonds. The van der Waals surface area contributed by atoms with E-state index in [1.54, 1.807) is 12.1 Å². The minimum Gasteiger partial charge on any atom is -0.322 e. The van der Waals surface area contributed by atoms with Crippen molar-refractivity contribution in [3.63, 3.8) is 0 Å². The number of nitrogens with one attached hydrogen (secondary N) is 1. The van der Waals surface area contributed by atoms with Gasteiger partial charge in [-0.05, 0) is 65.1 Å². The molecule has 2 aromatic carbocycles. The summed E-state index contributed by atoms with van der Waals surface area (Å²) >= 11 is 8.06. The van der Waals surface area contributed by atoms with E-state index in [0.29, 0.717) is 16.3 Å². The van der Waals surface area contributed by atoms with E-state index in [0.717, 1.165) is 3.57 Å². The van der Waals surface area contributed by atoms with Gasteiger partial charge >= 0.3 is 0 Å². The summed E-state index contributed by atoms with van der Waals surface area (Å²) in [4.78, 5) is 12.0. The lowest BCUT2D eigenvalue weighted by Gasteiger charge is -2.07. The molecule has 92 valence electrons. The third-order valence-corrected chi connectivity index (χ3v) is 3.28. The Morgan fingerprint density at radius 1 is 1.17 bits per heavy atom. The predicted octanol–water partition coefficient (Wildman–Crippen LogP) is 4.34. The summed E-state index contributed by atoms with van der Waals surface area (Å²) in [6.45, 7) is 0. The van der Waals surface area contributed by atoms with Crippen LogP contribution in [0.2, 0.25) is 5.02 Å². The van der Waals surface area contributed by atoms with Gasteiger partial charge in [0.25, 0.3) is 5.91 Å². The van der Waals surface area contributed by atoms with Crippen molar-refractivity contribution >= 4 is 45.8 Å². The Hall–Kier alpha value is -1.14. The molecule has 0 heterocycles. The van der Waals surface area contributed by atoms with Crippen LogP contribution in [0.1, 0.15) is 10.4 Å². The first-order valence-corrected chi connectivity index (χ1v) is 6.54. The number of amides is 1. The standard InChI is InChI=1S/C13H8ClFINO/c14-12-6-3-9(16)7-11(12)13(18)17-10-4-1-8(15)2-5-10/h1-7H,(H,17,18). The summed E-state index contributed by atoms with van der Waals surface area (Å²) < 4.78 is 13.6. The Morgan fingerprint density at radius 3 is 2.50 bits per heavy atom. The number of carbonyl (C=O) groups excluding carboxylic acids is 1. The van der Waals surface area contributed by atoms with Gasteiger partial charge in [0.15, 0.2) is 0 Å². The lowest BCUT2D eigenvalue weighted by Crippen LogP contribution is -2.12. The van der Waals surface area contributed by atoms with Crippen molar-refractivity contribution in [2.24, 2.45) is 0 Å². The van der Waals surface area contributed by atoms with E-state index in [1.165, 1.54) is 24.3 Å². The van der Waals surface area contributed by atoms with Gasteiger partial charge in [-0.1, -0.05) is 11.6 Å². The second kappa shape index (κ2) is 5.67. The molecule has 0 fully saturated rings. The molecule has 2 nitrogen and oxygen atoms in total. The first-order valence-electron chi connectivity index (χ1n) is 5.08. The third-order valence-electron chi connectivity index (χ3n) is 2.28. The van der Waals surface area contributed by atoms with Crippen molar-refractivity contribution < 1.29 is 9.18 Å². The highest BCUT2D eigenvalue weighted by molar-refractivity contribution is 14.1. The number of carbonyl (C=O) groups is 1. The van der Waals surface area contributed by atoms with Crippen molar-refractivity contribution in [1.29, 1.82) is 0 Å². The Balaban J connectivity index is 2.21. The van der Waals surface area contributed by atoms with Gasteiger partial charge in [0.2, 0.25) is 0 Å². The SMILES string of the molecule is O=C(Nc1ccc(F)cc1)c1cc(I)ccc1Cl. The number of benzene rings is 2. The van der Waals surface area contributed by atoms with E-state index in [1.807, 2.05) is 6.07 Å². The van der Waals surface area contributed by atoms with Crippen molar-refractivity contribution in [1.82, 2.24) is 0 Å². The average Bonchev–Trinajstić information content (AvgIpc) is 2.35.